The van der Waals surface area contributed by atoms with Crippen LogP contribution in [0.1, 0.15) is 110 Å². The third-order valence-corrected chi connectivity index (χ3v) is 13.2. The molecule has 2 aliphatic heterocycles. The molecule has 1 aromatic rings. The second-order valence-corrected chi connectivity index (χ2v) is 20.5. The molecular formula is C51H86N16O11. The van der Waals surface area contributed by atoms with Crippen molar-refractivity contribution >= 4 is 65.1 Å². The third-order valence-electron chi connectivity index (χ3n) is 13.2. The second-order valence-electron chi connectivity index (χ2n) is 20.5. The zero-order chi connectivity index (χ0) is 57.9. The van der Waals surface area contributed by atoms with E-state index in [1.165, 1.54) is 4.90 Å². The highest BCUT2D eigenvalue weighted by Gasteiger charge is 2.39. The molecule has 3 rings (SSSR count). The molecule has 27 heteroatoms. The number of aliphatic hydroxyl groups is 1. The van der Waals surface area contributed by atoms with Crippen molar-refractivity contribution in [1.29, 1.82) is 0 Å². The Morgan fingerprint density at radius 1 is 0.641 bits per heavy atom. The normalized spacial score (nSPS) is 17.7. The summed E-state index contributed by atoms with van der Waals surface area (Å²) in [5.74, 6) is -8.16. The maximum Gasteiger partial charge on any atom is 0.326 e. The molecule has 2 saturated heterocycles. The number of nitrogens with two attached hydrogens (primary N) is 5. The van der Waals surface area contributed by atoms with Gasteiger partial charge in [0.25, 0.3) is 0 Å². The van der Waals surface area contributed by atoms with Gasteiger partial charge in [0.15, 0.2) is 11.9 Å². The number of aliphatic hydroxyl groups excluding tert-OH is 1. The summed E-state index contributed by atoms with van der Waals surface area (Å²) in [7, 11) is 0. The number of hydrogen-bond donors (Lipinski definition) is 15. The molecule has 0 aromatic heterocycles. The van der Waals surface area contributed by atoms with Gasteiger partial charge in [-0.15, -0.1) is 0 Å². The van der Waals surface area contributed by atoms with Crippen molar-refractivity contribution in [3.63, 3.8) is 0 Å². The number of carbonyl (C=O) groups excluding carboxylic acids is 8. The average Bonchev–Trinajstić information content (AvgIpc) is 4.13. The van der Waals surface area contributed by atoms with Crippen LogP contribution in [0.4, 0.5) is 0 Å². The van der Waals surface area contributed by atoms with Crippen LogP contribution < -0.4 is 71.2 Å². The van der Waals surface area contributed by atoms with Crippen LogP contribution >= 0.6 is 0 Å². The Morgan fingerprint density at radius 3 is 1.71 bits per heavy atom. The van der Waals surface area contributed by atoms with Gasteiger partial charge < -0.3 is 86.3 Å². The van der Waals surface area contributed by atoms with E-state index in [2.05, 4.69) is 52.5 Å². The van der Waals surface area contributed by atoms with E-state index < -0.39 is 120 Å². The van der Waals surface area contributed by atoms with Gasteiger partial charge in [-0.1, -0.05) is 58.0 Å². The quantitative estimate of drug-likeness (QED) is 0.0180. The first-order chi connectivity index (χ1) is 37.1. The molecule has 8 amide bonds. The molecule has 436 valence electrons. The van der Waals surface area contributed by atoms with E-state index in [4.69, 9.17) is 28.7 Å². The second kappa shape index (κ2) is 33.9. The monoisotopic (exact) mass is 1100 g/mol. The predicted molar refractivity (Wildman–Crippen MR) is 291 cm³/mol. The van der Waals surface area contributed by atoms with E-state index in [9.17, 15) is 53.4 Å². The van der Waals surface area contributed by atoms with E-state index in [0.29, 0.717) is 44.3 Å². The Kier molecular flexibility index (Phi) is 28.3. The maximum absolute atomic E-state index is 14.4. The van der Waals surface area contributed by atoms with Crippen molar-refractivity contribution in [3.8, 4) is 0 Å². The first-order valence-corrected chi connectivity index (χ1v) is 26.9. The van der Waals surface area contributed by atoms with Crippen LogP contribution in [0.3, 0.4) is 0 Å². The molecule has 0 unspecified atom stereocenters. The zero-order valence-corrected chi connectivity index (χ0v) is 45.5. The van der Waals surface area contributed by atoms with Crippen molar-refractivity contribution in [2.24, 2.45) is 50.5 Å². The molecule has 20 N–H and O–H groups in total. The van der Waals surface area contributed by atoms with Crippen molar-refractivity contribution in [2.45, 2.75) is 166 Å². The van der Waals surface area contributed by atoms with Gasteiger partial charge in [0.1, 0.15) is 48.3 Å². The molecule has 0 bridgehead atoms. The zero-order valence-electron chi connectivity index (χ0n) is 45.5. The molecule has 1 aromatic carbocycles. The topological polar surface area (TPSA) is 448 Å². The van der Waals surface area contributed by atoms with E-state index in [1.807, 2.05) is 13.8 Å². The number of nitrogens with zero attached hydrogens (tertiary/aromatic N) is 3. The van der Waals surface area contributed by atoms with Gasteiger partial charge in [-0.3, -0.25) is 48.3 Å². The first-order valence-electron chi connectivity index (χ1n) is 26.9. The van der Waals surface area contributed by atoms with E-state index >= 15 is 0 Å². The number of benzene rings is 1. The van der Waals surface area contributed by atoms with Crippen molar-refractivity contribution in [3.05, 3.63) is 35.9 Å². The van der Waals surface area contributed by atoms with Gasteiger partial charge in [-0.25, -0.2) is 4.79 Å². The van der Waals surface area contributed by atoms with Crippen LogP contribution in [0.5, 0.6) is 0 Å². The van der Waals surface area contributed by atoms with E-state index in [-0.39, 0.29) is 88.8 Å². The first kappa shape index (κ1) is 65.2. The fourth-order valence-electron chi connectivity index (χ4n) is 9.06. The summed E-state index contributed by atoms with van der Waals surface area (Å²) in [5.41, 5.74) is 28.3. The van der Waals surface area contributed by atoms with Crippen molar-refractivity contribution in [1.82, 2.24) is 47.4 Å². The van der Waals surface area contributed by atoms with Crippen LogP contribution in [0.15, 0.2) is 40.3 Å². The van der Waals surface area contributed by atoms with Crippen LogP contribution in [0, 0.1) is 11.8 Å². The van der Waals surface area contributed by atoms with Gasteiger partial charge in [0.05, 0.1) is 12.6 Å². The number of guanidine groups is 2. The molecule has 0 radical (unpaired) electrons. The van der Waals surface area contributed by atoms with Gasteiger partial charge in [0, 0.05) is 26.1 Å². The molecule has 2 aliphatic rings. The molecule has 0 aliphatic carbocycles. The third kappa shape index (κ3) is 22.5. The Morgan fingerprint density at radius 2 is 1.17 bits per heavy atom. The summed E-state index contributed by atoms with van der Waals surface area (Å²) in [6.45, 7) is 7.39. The summed E-state index contributed by atoms with van der Waals surface area (Å²) < 4.78 is 0. The van der Waals surface area contributed by atoms with Crippen LogP contribution in [-0.4, -0.2) is 174 Å². The minimum Gasteiger partial charge on any atom is -0.480 e. The Hall–Kier alpha value is -7.13. The summed E-state index contributed by atoms with van der Waals surface area (Å²) in [6, 6.07) is -2.10. The number of unbranched alkanes of at least 4 members (excludes halogenated alkanes) is 1. The number of aliphatic carboxylic acids is 1. The van der Waals surface area contributed by atoms with Gasteiger partial charge in [-0.05, 0) is 108 Å². The molecule has 78 heavy (non-hydrogen) atoms. The number of rotatable bonds is 34. The van der Waals surface area contributed by atoms with Gasteiger partial charge in [0.2, 0.25) is 47.3 Å². The molecule has 0 spiro atoms. The number of carbonyl (C=O) groups is 9. The number of carboxylic acid groups (broad SMARTS) is 1. The maximum atomic E-state index is 14.4. The SMILES string of the molecule is CC(C)C[C@H](NC(=O)[C@H](Cc1ccccc1)NC(=O)[C@H](CO)NC(=O)[C@H](CCCN=C(N)N)NC(=O)[C@@H]1CCCN1)C(=O)N[C@H](C(=O)N[C@@H](CCCN=C(N)N)C(=O)N[C@@H](CCCCN)C(=O)N1CCC[C@H]1C(=O)O)C(C)C. The summed E-state index contributed by atoms with van der Waals surface area (Å²) in [4.78, 5) is 133. The summed E-state index contributed by atoms with van der Waals surface area (Å²) in [6.07, 6.45) is 3.62. The Labute approximate surface area is 456 Å². The standard InChI is InChI=1S/C51H86N16O11/c1-29(2)26-36(45(73)66-40(30(3)4)47(75)61-34(19-12-24-59-51(55)56)42(70)62-35(16-8-9-21-52)48(76)67-25-13-20-39(67)49(77)78)63-44(72)37(27-31-14-6-5-7-15-31)64-46(74)38(28-68)65-43(71)33(18-11-23-58-50(53)54)60-41(69)32-17-10-22-57-32/h5-7,14-15,29-30,32-40,57,68H,8-13,16-28,52H2,1-4H3,(H,60,69)(H,61,75)(H,62,70)(H,63,72)(H,64,74)(H,65,71)(H,66,73)(H,77,78)(H4,53,54,58)(H4,55,56,59)/t32-,33-,34-,35-,36-,37-,38-,39-,40-/m0/s1. The fraction of sp³-hybridized carbons (Fsp3) is 0.667. The van der Waals surface area contributed by atoms with Crippen LogP contribution in [0.2, 0.25) is 0 Å². The Balaban J connectivity index is 1.87. The Bertz CT molecular complexity index is 2200. The number of amides is 8. The molecular weight excluding hydrogens is 1010 g/mol. The number of hydrogen-bond acceptors (Lipinski definition) is 14. The minimum atomic E-state index is -1.60. The van der Waals surface area contributed by atoms with Crippen LogP contribution in [-0.2, 0) is 49.6 Å². The van der Waals surface area contributed by atoms with Crippen LogP contribution in [0.25, 0.3) is 0 Å². The largest absolute Gasteiger partial charge is 0.480 e. The highest BCUT2D eigenvalue weighted by Crippen LogP contribution is 2.21. The number of aliphatic imine (C=N–C) groups is 2. The molecule has 0 saturated carbocycles. The lowest BCUT2D eigenvalue weighted by molar-refractivity contribution is -0.149. The lowest BCUT2D eigenvalue weighted by atomic mass is 9.98. The molecule has 2 heterocycles. The van der Waals surface area contributed by atoms with Gasteiger partial charge in [-0.2, -0.15) is 0 Å². The number of nitrogens with one attached hydrogen (secondary N) is 8. The molecule has 2 fully saturated rings. The molecule has 27 nitrogen and oxygen atoms in total. The van der Waals surface area contributed by atoms with Crippen molar-refractivity contribution in [2.75, 3.05) is 39.3 Å². The fourth-order valence-corrected chi connectivity index (χ4v) is 9.06. The lowest BCUT2D eigenvalue weighted by Gasteiger charge is -2.30. The highest BCUT2D eigenvalue weighted by atomic mass is 16.4. The number of likely N-dealkylation sites (tertiary alicyclic amines) is 1. The highest BCUT2D eigenvalue weighted by molar-refractivity contribution is 5.98. The van der Waals surface area contributed by atoms with E-state index in [1.54, 1.807) is 44.2 Å². The predicted octanol–water partition coefficient (Wildman–Crippen LogP) is -3.62. The van der Waals surface area contributed by atoms with E-state index in [0.717, 1.165) is 6.42 Å². The lowest BCUT2D eigenvalue weighted by Crippen LogP contribution is -2.61. The smallest absolute Gasteiger partial charge is 0.326 e. The summed E-state index contributed by atoms with van der Waals surface area (Å²) >= 11 is 0. The molecule has 9 atom stereocenters. The summed E-state index contributed by atoms with van der Waals surface area (Å²) in [5, 5.41) is 42.1. The average molecular weight is 1100 g/mol. The minimum absolute atomic E-state index is 0.0182. The van der Waals surface area contributed by atoms with Crippen molar-refractivity contribution < 1.29 is 53.4 Å². The van der Waals surface area contributed by atoms with Gasteiger partial charge >= 0.3 is 5.97 Å². The number of carboxylic acids is 1.